The molecule has 1 atom stereocenters. The van der Waals surface area contributed by atoms with E-state index in [0.717, 1.165) is 29.0 Å². The van der Waals surface area contributed by atoms with Gasteiger partial charge in [0.1, 0.15) is 5.75 Å². The largest absolute Gasteiger partial charge is 0.496 e. The fourth-order valence-corrected chi connectivity index (χ4v) is 2.21. The van der Waals surface area contributed by atoms with Crippen LogP contribution in [0.3, 0.4) is 0 Å². The highest BCUT2D eigenvalue weighted by Crippen LogP contribution is 2.25. The van der Waals surface area contributed by atoms with Crippen molar-refractivity contribution in [2.45, 2.75) is 19.3 Å². The van der Waals surface area contributed by atoms with Crippen molar-refractivity contribution in [2.75, 3.05) is 13.7 Å². The van der Waals surface area contributed by atoms with Gasteiger partial charge in [0.2, 0.25) is 0 Å². The molecule has 0 spiro atoms. The Morgan fingerprint density at radius 2 is 2.11 bits per heavy atom. The highest BCUT2D eigenvalue weighted by Gasteiger charge is 2.13. The second-order valence-corrected chi connectivity index (χ2v) is 4.63. The van der Waals surface area contributed by atoms with Crippen LogP contribution >= 0.6 is 0 Å². The maximum Gasteiger partial charge on any atom is 0.121 e. The maximum atomic E-state index is 9.60. The van der Waals surface area contributed by atoms with Gasteiger partial charge in [-0.15, -0.1) is 0 Å². The summed E-state index contributed by atoms with van der Waals surface area (Å²) in [5.74, 6) is 0.942. The lowest BCUT2D eigenvalue weighted by Crippen LogP contribution is -2.09. The number of hydrogen-bond acceptors (Lipinski definition) is 3. The Labute approximate surface area is 113 Å². The molecule has 0 saturated heterocycles. The molecule has 3 heteroatoms. The summed E-state index contributed by atoms with van der Waals surface area (Å²) >= 11 is 0. The monoisotopic (exact) mass is 257 g/mol. The first-order valence-electron chi connectivity index (χ1n) is 6.40. The first-order chi connectivity index (χ1) is 9.24. The van der Waals surface area contributed by atoms with Gasteiger partial charge in [-0.2, -0.15) is 0 Å². The van der Waals surface area contributed by atoms with Crippen molar-refractivity contribution in [2.24, 2.45) is 0 Å². The van der Waals surface area contributed by atoms with Crippen LogP contribution < -0.4 is 4.74 Å². The van der Waals surface area contributed by atoms with Crippen LogP contribution in [0.5, 0.6) is 5.75 Å². The summed E-state index contributed by atoms with van der Waals surface area (Å²) < 4.78 is 5.26. The number of aliphatic hydroxyl groups is 1. The van der Waals surface area contributed by atoms with Gasteiger partial charge in [0.05, 0.1) is 13.7 Å². The Morgan fingerprint density at radius 3 is 2.68 bits per heavy atom. The van der Waals surface area contributed by atoms with Crippen molar-refractivity contribution in [1.82, 2.24) is 4.98 Å². The molecule has 2 rings (SSSR count). The minimum absolute atomic E-state index is 0.0690. The zero-order chi connectivity index (χ0) is 13.7. The van der Waals surface area contributed by atoms with Crippen LogP contribution in [-0.4, -0.2) is 23.8 Å². The van der Waals surface area contributed by atoms with E-state index in [1.807, 2.05) is 37.3 Å². The molecular weight excluding hydrogens is 238 g/mol. The van der Waals surface area contributed by atoms with E-state index in [4.69, 9.17) is 4.74 Å². The molecule has 0 bridgehead atoms. The molecule has 3 nitrogen and oxygen atoms in total. The Morgan fingerprint density at radius 1 is 1.26 bits per heavy atom. The number of ether oxygens (including phenoxy) is 1. The van der Waals surface area contributed by atoms with Crippen molar-refractivity contribution in [3.8, 4) is 5.75 Å². The maximum absolute atomic E-state index is 9.60. The van der Waals surface area contributed by atoms with E-state index < -0.39 is 0 Å². The lowest BCUT2D eigenvalue weighted by molar-refractivity contribution is 0.263. The van der Waals surface area contributed by atoms with E-state index in [1.54, 1.807) is 13.3 Å². The molecule has 0 aliphatic rings. The summed E-state index contributed by atoms with van der Waals surface area (Å²) in [6.07, 6.45) is 2.52. The van der Waals surface area contributed by atoms with Crippen LogP contribution in [0.25, 0.3) is 0 Å². The Hall–Kier alpha value is -1.87. The number of rotatable bonds is 5. The highest BCUT2D eigenvalue weighted by atomic mass is 16.5. The van der Waals surface area contributed by atoms with Gasteiger partial charge in [-0.3, -0.25) is 4.98 Å². The molecule has 0 aliphatic heterocycles. The van der Waals surface area contributed by atoms with Crippen molar-refractivity contribution < 1.29 is 9.84 Å². The van der Waals surface area contributed by atoms with Crippen LogP contribution in [-0.2, 0) is 6.42 Å². The van der Waals surface area contributed by atoms with Crippen molar-refractivity contribution in [1.29, 1.82) is 0 Å². The number of benzene rings is 1. The zero-order valence-electron chi connectivity index (χ0n) is 11.3. The molecule has 2 aromatic rings. The Kier molecular flexibility index (Phi) is 4.53. The van der Waals surface area contributed by atoms with Gasteiger partial charge in [0.15, 0.2) is 0 Å². The van der Waals surface area contributed by atoms with Gasteiger partial charge in [0.25, 0.3) is 0 Å². The van der Waals surface area contributed by atoms with Crippen LogP contribution in [0, 0.1) is 6.92 Å². The molecule has 1 aromatic heterocycles. The first-order valence-corrected chi connectivity index (χ1v) is 6.40. The SMILES string of the molecule is COc1ccc(C(CO)Cc2ccccn2)cc1C. The van der Waals surface area contributed by atoms with Crippen molar-refractivity contribution in [3.05, 3.63) is 59.4 Å². The number of aryl methyl sites for hydroxylation is 1. The Balaban J connectivity index is 2.20. The third-order valence-corrected chi connectivity index (χ3v) is 3.29. The van der Waals surface area contributed by atoms with E-state index >= 15 is 0 Å². The molecule has 1 heterocycles. The zero-order valence-corrected chi connectivity index (χ0v) is 11.3. The molecule has 1 N–H and O–H groups in total. The molecule has 0 aliphatic carbocycles. The van der Waals surface area contributed by atoms with Crippen LogP contribution in [0.1, 0.15) is 22.7 Å². The van der Waals surface area contributed by atoms with Gasteiger partial charge in [0, 0.05) is 17.8 Å². The fraction of sp³-hybridized carbons (Fsp3) is 0.312. The van der Waals surface area contributed by atoms with Gasteiger partial charge in [-0.25, -0.2) is 0 Å². The average Bonchev–Trinajstić information content (AvgIpc) is 2.46. The van der Waals surface area contributed by atoms with Gasteiger partial charge >= 0.3 is 0 Å². The van der Waals surface area contributed by atoms with Crippen LogP contribution in [0.4, 0.5) is 0 Å². The smallest absolute Gasteiger partial charge is 0.121 e. The molecule has 0 fully saturated rings. The predicted molar refractivity (Wildman–Crippen MR) is 75.5 cm³/mol. The summed E-state index contributed by atoms with van der Waals surface area (Å²) in [7, 11) is 1.67. The third-order valence-electron chi connectivity index (χ3n) is 3.29. The molecule has 0 radical (unpaired) electrons. The van der Waals surface area contributed by atoms with E-state index in [0.29, 0.717) is 0 Å². The number of pyridine rings is 1. The summed E-state index contributed by atoms with van der Waals surface area (Å²) in [5.41, 5.74) is 3.20. The lowest BCUT2D eigenvalue weighted by Gasteiger charge is -2.16. The van der Waals surface area contributed by atoms with Gasteiger partial charge in [-0.05, 0) is 42.7 Å². The molecule has 100 valence electrons. The topological polar surface area (TPSA) is 42.4 Å². The molecule has 19 heavy (non-hydrogen) atoms. The molecule has 1 aromatic carbocycles. The van der Waals surface area contributed by atoms with E-state index in [-0.39, 0.29) is 12.5 Å². The number of nitrogens with zero attached hydrogens (tertiary/aromatic N) is 1. The minimum atomic E-state index is 0.0690. The lowest BCUT2D eigenvalue weighted by atomic mass is 9.93. The summed E-state index contributed by atoms with van der Waals surface area (Å²) in [6, 6.07) is 11.9. The standard InChI is InChI=1S/C16H19NO2/c1-12-9-13(6-7-16(12)19-2)14(11-18)10-15-5-3-4-8-17-15/h3-9,14,18H,10-11H2,1-2H3. The minimum Gasteiger partial charge on any atom is -0.496 e. The fourth-order valence-electron chi connectivity index (χ4n) is 2.21. The van der Waals surface area contributed by atoms with Gasteiger partial charge < -0.3 is 9.84 Å². The third kappa shape index (κ3) is 3.32. The summed E-state index contributed by atoms with van der Waals surface area (Å²) in [6.45, 7) is 2.12. The highest BCUT2D eigenvalue weighted by molar-refractivity contribution is 5.38. The van der Waals surface area contributed by atoms with Gasteiger partial charge in [-0.1, -0.05) is 18.2 Å². The van der Waals surface area contributed by atoms with Crippen molar-refractivity contribution in [3.63, 3.8) is 0 Å². The van der Waals surface area contributed by atoms with E-state index in [9.17, 15) is 5.11 Å². The molecule has 1 unspecified atom stereocenters. The number of aromatic nitrogens is 1. The second kappa shape index (κ2) is 6.34. The number of methoxy groups -OCH3 is 1. The van der Waals surface area contributed by atoms with E-state index in [1.165, 1.54) is 0 Å². The Bertz CT molecular complexity index is 526. The molecular formula is C16H19NO2. The second-order valence-electron chi connectivity index (χ2n) is 4.63. The molecule has 0 amide bonds. The van der Waals surface area contributed by atoms with E-state index in [2.05, 4.69) is 11.1 Å². The van der Waals surface area contributed by atoms with Crippen LogP contribution in [0.15, 0.2) is 42.6 Å². The summed E-state index contributed by atoms with van der Waals surface area (Å²) in [5, 5.41) is 9.60. The average molecular weight is 257 g/mol. The van der Waals surface area contributed by atoms with Crippen molar-refractivity contribution >= 4 is 0 Å². The summed E-state index contributed by atoms with van der Waals surface area (Å²) in [4.78, 5) is 4.31. The first kappa shape index (κ1) is 13.6. The predicted octanol–water partition coefficient (Wildman–Crippen LogP) is 2.72. The normalized spacial score (nSPS) is 12.2. The van der Waals surface area contributed by atoms with Crippen LogP contribution in [0.2, 0.25) is 0 Å². The quantitative estimate of drug-likeness (QED) is 0.895. The number of aliphatic hydroxyl groups excluding tert-OH is 1. The number of hydrogen-bond donors (Lipinski definition) is 1. The molecule has 0 saturated carbocycles.